The van der Waals surface area contributed by atoms with Gasteiger partial charge in [-0.05, 0) is 19.1 Å². The van der Waals surface area contributed by atoms with Gasteiger partial charge in [0.25, 0.3) is 5.91 Å². The molecule has 1 amide bonds. The van der Waals surface area contributed by atoms with Gasteiger partial charge in [-0.1, -0.05) is 18.2 Å². The molecular weight excluding hydrogens is 352 g/mol. The number of pyridine rings is 1. The Kier molecular flexibility index (Phi) is 4.53. The average molecular weight is 372 g/mol. The van der Waals surface area contributed by atoms with Crippen LogP contribution in [-0.4, -0.2) is 32.1 Å². The fourth-order valence-corrected chi connectivity index (χ4v) is 3.61. The zero-order valence-electron chi connectivity index (χ0n) is 15.6. The highest BCUT2D eigenvalue weighted by molar-refractivity contribution is 5.94. The summed E-state index contributed by atoms with van der Waals surface area (Å²) in [6.07, 6.45) is 4.23. The van der Waals surface area contributed by atoms with E-state index in [0.29, 0.717) is 30.6 Å². The number of aromatic nitrogens is 3. The summed E-state index contributed by atoms with van der Waals surface area (Å²) >= 11 is 0. The van der Waals surface area contributed by atoms with Crippen LogP contribution in [0.15, 0.2) is 42.7 Å². The van der Waals surface area contributed by atoms with Crippen LogP contribution in [0.4, 0.5) is 5.82 Å². The van der Waals surface area contributed by atoms with E-state index in [2.05, 4.69) is 16.2 Å². The molecule has 0 fully saturated rings. The van der Waals surface area contributed by atoms with Crippen molar-refractivity contribution in [2.75, 3.05) is 12.3 Å². The monoisotopic (exact) mass is 372 g/mol. The first-order valence-corrected chi connectivity index (χ1v) is 9.20. The quantitative estimate of drug-likeness (QED) is 0.762. The second-order valence-corrected chi connectivity index (χ2v) is 6.71. The van der Waals surface area contributed by atoms with E-state index in [9.17, 15) is 10.1 Å². The summed E-state index contributed by atoms with van der Waals surface area (Å²) in [7, 11) is 0. The zero-order chi connectivity index (χ0) is 19.7. The van der Waals surface area contributed by atoms with Gasteiger partial charge in [0.15, 0.2) is 0 Å². The fourth-order valence-electron chi connectivity index (χ4n) is 3.61. The van der Waals surface area contributed by atoms with Crippen molar-refractivity contribution >= 4 is 11.7 Å². The number of rotatable bonds is 3. The highest BCUT2D eigenvalue weighted by Gasteiger charge is 2.28. The molecular formula is C21H20N6O. The first-order chi connectivity index (χ1) is 13.6. The molecule has 7 heteroatoms. The minimum absolute atomic E-state index is 0.0308. The Bertz CT molecular complexity index is 1080. The number of aryl methyl sites for hydroxylation is 1. The van der Waals surface area contributed by atoms with E-state index in [1.165, 1.54) is 0 Å². The van der Waals surface area contributed by atoms with Crippen LogP contribution >= 0.6 is 0 Å². The highest BCUT2D eigenvalue weighted by Crippen LogP contribution is 2.35. The molecule has 0 saturated carbocycles. The maximum atomic E-state index is 12.9. The third kappa shape index (κ3) is 2.99. The summed E-state index contributed by atoms with van der Waals surface area (Å²) < 4.78 is 1.80. The van der Waals surface area contributed by atoms with Gasteiger partial charge in [-0.3, -0.25) is 9.48 Å². The number of nitrogens with two attached hydrogens (primary N) is 1. The van der Waals surface area contributed by atoms with Crippen LogP contribution in [0.5, 0.6) is 0 Å². The van der Waals surface area contributed by atoms with E-state index in [1.54, 1.807) is 15.8 Å². The van der Waals surface area contributed by atoms with Crippen molar-refractivity contribution in [1.82, 2.24) is 19.7 Å². The van der Waals surface area contributed by atoms with E-state index >= 15 is 0 Å². The van der Waals surface area contributed by atoms with Crippen molar-refractivity contribution in [3.63, 3.8) is 0 Å². The predicted octanol–water partition coefficient (Wildman–Crippen LogP) is 2.62. The molecule has 1 aromatic carbocycles. The second-order valence-electron chi connectivity index (χ2n) is 6.71. The molecule has 4 rings (SSSR count). The number of nitriles is 1. The van der Waals surface area contributed by atoms with E-state index in [0.717, 1.165) is 28.9 Å². The summed E-state index contributed by atoms with van der Waals surface area (Å²) in [6, 6.07) is 11.4. The molecule has 1 aliphatic heterocycles. The van der Waals surface area contributed by atoms with Gasteiger partial charge in [-0.25, -0.2) is 4.98 Å². The maximum absolute atomic E-state index is 12.9. The third-order valence-electron chi connectivity index (χ3n) is 5.04. The molecule has 28 heavy (non-hydrogen) atoms. The maximum Gasteiger partial charge on any atom is 0.254 e. The summed E-state index contributed by atoms with van der Waals surface area (Å²) in [5.41, 5.74) is 10.3. The number of anilines is 1. The van der Waals surface area contributed by atoms with Gasteiger partial charge in [-0.2, -0.15) is 10.4 Å². The Balaban J connectivity index is 1.80. The van der Waals surface area contributed by atoms with Gasteiger partial charge in [0, 0.05) is 54.5 Å². The molecule has 7 nitrogen and oxygen atoms in total. The first kappa shape index (κ1) is 17.7. The second kappa shape index (κ2) is 7.16. The summed E-state index contributed by atoms with van der Waals surface area (Å²) in [4.78, 5) is 19.2. The van der Waals surface area contributed by atoms with Crippen LogP contribution in [0.2, 0.25) is 0 Å². The molecule has 0 bridgehead atoms. The van der Waals surface area contributed by atoms with Crippen LogP contribution in [0.3, 0.4) is 0 Å². The van der Waals surface area contributed by atoms with E-state index < -0.39 is 0 Å². The van der Waals surface area contributed by atoms with Gasteiger partial charge in [-0.15, -0.1) is 0 Å². The lowest BCUT2D eigenvalue weighted by molar-refractivity contribution is 0.0734. The minimum atomic E-state index is -0.0308. The lowest BCUT2D eigenvalue weighted by Crippen LogP contribution is -2.37. The van der Waals surface area contributed by atoms with Crippen molar-refractivity contribution in [3.05, 3.63) is 65.1 Å². The molecule has 0 unspecified atom stereocenters. The lowest BCUT2D eigenvalue weighted by Gasteiger charge is -2.30. The van der Waals surface area contributed by atoms with E-state index in [-0.39, 0.29) is 11.7 Å². The Morgan fingerprint density at radius 3 is 2.79 bits per heavy atom. The number of hydrogen-bond donors (Lipinski definition) is 1. The van der Waals surface area contributed by atoms with E-state index in [4.69, 9.17) is 5.73 Å². The number of fused-ring (bicyclic) bond motifs is 1. The molecule has 0 radical (unpaired) electrons. The Hall–Kier alpha value is -3.66. The Morgan fingerprint density at radius 2 is 2.11 bits per heavy atom. The van der Waals surface area contributed by atoms with Crippen molar-refractivity contribution < 1.29 is 4.79 Å². The number of nitrogen functional groups attached to an aromatic ring is 1. The number of carbonyl (C=O) groups is 1. The normalized spacial score (nSPS) is 13.1. The molecule has 0 atom stereocenters. The third-order valence-corrected chi connectivity index (χ3v) is 5.04. The molecule has 0 spiro atoms. The smallest absolute Gasteiger partial charge is 0.254 e. The van der Waals surface area contributed by atoms with Crippen LogP contribution < -0.4 is 5.73 Å². The first-order valence-electron chi connectivity index (χ1n) is 9.20. The number of benzene rings is 1. The fraction of sp³-hybridized carbons (Fsp3) is 0.238. The van der Waals surface area contributed by atoms with Crippen LogP contribution in [0.25, 0.3) is 11.1 Å². The predicted molar refractivity (Wildman–Crippen MR) is 105 cm³/mol. The van der Waals surface area contributed by atoms with Crippen molar-refractivity contribution in [2.24, 2.45) is 0 Å². The minimum Gasteiger partial charge on any atom is -0.383 e. The van der Waals surface area contributed by atoms with Gasteiger partial charge >= 0.3 is 0 Å². The average Bonchev–Trinajstić information content (AvgIpc) is 3.21. The molecule has 0 aliphatic carbocycles. The highest BCUT2D eigenvalue weighted by atomic mass is 16.2. The zero-order valence-corrected chi connectivity index (χ0v) is 15.6. The molecule has 1 aliphatic rings. The summed E-state index contributed by atoms with van der Waals surface area (Å²) in [5, 5.41) is 14.0. The largest absolute Gasteiger partial charge is 0.383 e. The number of nitrogens with zero attached hydrogens (tertiary/aromatic N) is 5. The van der Waals surface area contributed by atoms with Crippen molar-refractivity contribution in [2.45, 2.75) is 26.4 Å². The van der Waals surface area contributed by atoms with Gasteiger partial charge < -0.3 is 10.6 Å². The molecule has 0 saturated heterocycles. The summed E-state index contributed by atoms with van der Waals surface area (Å²) in [5.74, 6) is 0.195. The van der Waals surface area contributed by atoms with Crippen LogP contribution in [0, 0.1) is 11.3 Å². The van der Waals surface area contributed by atoms with Crippen LogP contribution in [-0.2, 0) is 19.5 Å². The summed E-state index contributed by atoms with van der Waals surface area (Å²) in [6.45, 7) is 3.67. The van der Waals surface area contributed by atoms with Crippen molar-refractivity contribution in [3.8, 4) is 17.2 Å². The van der Waals surface area contributed by atoms with Gasteiger partial charge in [0.05, 0.1) is 11.9 Å². The topological polar surface area (TPSA) is 101 Å². The molecule has 2 N–H and O–H groups in total. The Labute approximate surface area is 163 Å². The van der Waals surface area contributed by atoms with Crippen molar-refractivity contribution in [1.29, 1.82) is 5.26 Å². The molecule has 3 aromatic rings. The van der Waals surface area contributed by atoms with Crippen LogP contribution in [0.1, 0.15) is 34.1 Å². The molecule has 140 valence electrons. The SMILES string of the molecule is CCn1cc(-c2c(C#N)c(N)nc3c2CN(C(=O)c2ccccc2)CC3)cn1. The van der Waals surface area contributed by atoms with Gasteiger partial charge in [0.1, 0.15) is 17.5 Å². The number of hydrogen-bond acceptors (Lipinski definition) is 5. The molecule has 2 aromatic heterocycles. The van der Waals surface area contributed by atoms with E-state index in [1.807, 2.05) is 43.5 Å². The number of carbonyl (C=O) groups excluding carboxylic acids is 1. The van der Waals surface area contributed by atoms with Gasteiger partial charge in [0.2, 0.25) is 0 Å². The molecule has 3 heterocycles. The number of amides is 1. The lowest BCUT2D eigenvalue weighted by atomic mass is 9.92. The standard InChI is InChI=1S/C21H20N6O/c1-2-27-12-15(11-24-27)19-16(10-22)20(23)25-18-8-9-26(13-17(18)19)21(28)14-6-4-3-5-7-14/h3-7,11-12H,2,8-9,13H2,1H3,(H2,23,25). The Morgan fingerprint density at radius 1 is 1.32 bits per heavy atom.